The minimum Gasteiger partial charge on any atom is -0.502 e. The average molecular weight is 129 g/mol. The lowest BCUT2D eigenvalue weighted by molar-refractivity contribution is 0.270. The Kier molecular flexibility index (Phi) is 4.76. The third kappa shape index (κ3) is 5.76. The van der Waals surface area contributed by atoms with E-state index in [1.165, 1.54) is 0 Å². The highest BCUT2D eigenvalue weighted by atomic mass is 28.3. The number of hydrogen-bond donors (Lipinski definition) is 0. The Morgan fingerprint density at radius 1 is 1.50 bits per heavy atom. The Balaban J connectivity index is 3.07. The van der Waals surface area contributed by atoms with Gasteiger partial charge in [-0.15, -0.1) is 0 Å². The summed E-state index contributed by atoms with van der Waals surface area (Å²) in [6, 6.07) is 0. The Labute approximate surface area is 53.0 Å². The molecule has 0 rings (SSSR count). The first-order valence-electron chi connectivity index (χ1n) is 2.85. The van der Waals surface area contributed by atoms with Gasteiger partial charge in [0.05, 0.1) is 21.7 Å². The third-order valence-electron chi connectivity index (χ3n) is 0.664. The fourth-order valence-electron chi connectivity index (χ4n) is 0.280. The molecule has 0 aliphatic heterocycles. The van der Waals surface area contributed by atoms with Crippen LogP contribution in [0.1, 0.15) is 6.92 Å². The van der Waals surface area contributed by atoms with E-state index in [4.69, 9.17) is 4.74 Å². The van der Waals surface area contributed by atoms with Gasteiger partial charge in [-0.1, -0.05) is 18.8 Å². The molecular weight excluding hydrogens is 116 g/mol. The molecule has 8 heavy (non-hydrogen) atoms. The normalized spacial score (nSPS) is 11.0. The fraction of sp³-hybridized carbons (Fsp3) is 0.667. The van der Waals surface area contributed by atoms with Gasteiger partial charge >= 0.3 is 0 Å². The van der Waals surface area contributed by atoms with E-state index in [0.717, 1.165) is 6.61 Å². The van der Waals surface area contributed by atoms with Crippen molar-refractivity contribution in [2.75, 3.05) is 6.61 Å². The Hall–Kier alpha value is -0.243. The maximum absolute atomic E-state index is 4.99. The molecule has 0 aromatic rings. The molecule has 0 amide bonds. The summed E-state index contributed by atoms with van der Waals surface area (Å²) in [5, 5.41) is 0. The summed E-state index contributed by atoms with van der Waals surface area (Å²) in [4.78, 5) is 0. The summed E-state index contributed by atoms with van der Waals surface area (Å²) >= 11 is 0. The molecule has 0 saturated carbocycles. The topological polar surface area (TPSA) is 9.23 Å². The summed E-state index contributed by atoms with van der Waals surface area (Å²) in [5.41, 5.74) is 2.13. The molecule has 0 saturated heterocycles. The minimum absolute atomic E-state index is 0.213. The molecule has 1 nitrogen and oxygen atoms in total. The summed E-state index contributed by atoms with van der Waals surface area (Å²) in [7, 11) is -0.213. The SMILES string of the molecule is CCOC=C[Si](C)C. The molecule has 0 heterocycles. The van der Waals surface area contributed by atoms with Crippen molar-refractivity contribution in [3.63, 3.8) is 0 Å². The molecule has 0 unspecified atom stereocenters. The van der Waals surface area contributed by atoms with Gasteiger partial charge in [-0.05, 0) is 6.92 Å². The summed E-state index contributed by atoms with van der Waals surface area (Å²) in [6.45, 7) is 7.22. The molecule has 0 spiro atoms. The van der Waals surface area contributed by atoms with E-state index >= 15 is 0 Å². The van der Waals surface area contributed by atoms with E-state index in [2.05, 4.69) is 18.8 Å². The van der Waals surface area contributed by atoms with E-state index in [1.807, 2.05) is 6.92 Å². The average Bonchev–Trinajstić information content (AvgIpc) is 1.66. The summed E-state index contributed by atoms with van der Waals surface area (Å²) in [5.74, 6) is 0. The Morgan fingerprint density at radius 3 is 2.50 bits per heavy atom. The highest BCUT2D eigenvalue weighted by Gasteiger charge is 1.83. The predicted molar refractivity (Wildman–Crippen MR) is 38.2 cm³/mol. The quantitative estimate of drug-likeness (QED) is 0.417. The van der Waals surface area contributed by atoms with Crippen LogP contribution < -0.4 is 0 Å². The second kappa shape index (κ2) is 4.90. The smallest absolute Gasteiger partial charge is 0.0844 e. The lowest BCUT2D eigenvalue weighted by atomic mass is 10.9. The molecule has 1 radical (unpaired) electrons. The highest BCUT2D eigenvalue weighted by molar-refractivity contribution is 6.61. The van der Waals surface area contributed by atoms with Gasteiger partial charge in [0.15, 0.2) is 0 Å². The molecule has 0 atom stereocenters. The fourth-order valence-corrected chi connectivity index (χ4v) is 0.649. The Bertz CT molecular complexity index is 68.9. The van der Waals surface area contributed by atoms with Crippen LogP contribution in [0.25, 0.3) is 0 Å². The van der Waals surface area contributed by atoms with Crippen LogP contribution in [0.4, 0.5) is 0 Å². The minimum atomic E-state index is -0.213. The van der Waals surface area contributed by atoms with Crippen molar-refractivity contribution >= 4 is 8.80 Å². The second-order valence-corrected chi connectivity index (χ2v) is 4.32. The predicted octanol–water partition coefficient (Wildman–Crippen LogP) is 1.83. The highest BCUT2D eigenvalue weighted by Crippen LogP contribution is 1.82. The van der Waals surface area contributed by atoms with Gasteiger partial charge in [-0.2, -0.15) is 0 Å². The van der Waals surface area contributed by atoms with Crippen molar-refractivity contribution < 1.29 is 4.74 Å². The Morgan fingerprint density at radius 2 is 2.12 bits per heavy atom. The first kappa shape index (κ1) is 7.76. The summed E-state index contributed by atoms with van der Waals surface area (Å²) < 4.78 is 4.99. The van der Waals surface area contributed by atoms with Gasteiger partial charge in [-0.3, -0.25) is 0 Å². The lowest BCUT2D eigenvalue weighted by Crippen LogP contribution is -1.92. The maximum atomic E-state index is 4.99. The van der Waals surface area contributed by atoms with Crippen LogP contribution in [0.15, 0.2) is 12.0 Å². The molecule has 0 fully saturated rings. The van der Waals surface area contributed by atoms with Crippen LogP contribution in [0, 0.1) is 0 Å². The zero-order valence-electron chi connectivity index (χ0n) is 5.77. The molecule has 0 aliphatic rings. The molecule has 0 aliphatic carbocycles. The second-order valence-electron chi connectivity index (χ2n) is 1.84. The summed E-state index contributed by atoms with van der Waals surface area (Å²) in [6.07, 6.45) is 1.80. The van der Waals surface area contributed by atoms with E-state index in [9.17, 15) is 0 Å². The van der Waals surface area contributed by atoms with Crippen molar-refractivity contribution in [3.05, 3.63) is 12.0 Å². The zero-order valence-corrected chi connectivity index (χ0v) is 6.77. The molecule has 0 N–H and O–H groups in total. The maximum Gasteiger partial charge on any atom is 0.0844 e. The standard InChI is InChI=1S/C6H13OSi/c1-4-7-5-6-8(2)3/h5-6H,4H2,1-3H3. The van der Waals surface area contributed by atoms with Crippen molar-refractivity contribution in [3.8, 4) is 0 Å². The van der Waals surface area contributed by atoms with Gasteiger partial charge in [0.2, 0.25) is 0 Å². The first-order chi connectivity index (χ1) is 3.77. The van der Waals surface area contributed by atoms with Crippen LogP contribution in [-0.4, -0.2) is 15.4 Å². The van der Waals surface area contributed by atoms with Gasteiger partial charge < -0.3 is 4.74 Å². The van der Waals surface area contributed by atoms with Crippen LogP contribution >= 0.6 is 0 Å². The van der Waals surface area contributed by atoms with Crippen LogP contribution in [0.2, 0.25) is 13.1 Å². The van der Waals surface area contributed by atoms with Crippen LogP contribution in [0.5, 0.6) is 0 Å². The lowest BCUT2D eigenvalue weighted by Gasteiger charge is -1.92. The van der Waals surface area contributed by atoms with Gasteiger partial charge in [0, 0.05) is 0 Å². The van der Waals surface area contributed by atoms with Crippen molar-refractivity contribution in [2.45, 2.75) is 20.0 Å². The first-order valence-corrected chi connectivity index (χ1v) is 5.43. The van der Waals surface area contributed by atoms with Crippen molar-refractivity contribution in [1.29, 1.82) is 0 Å². The molecule has 0 aromatic heterocycles. The third-order valence-corrected chi connectivity index (χ3v) is 1.47. The number of ether oxygens (including phenoxy) is 1. The van der Waals surface area contributed by atoms with E-state index in [-0.39, 0.29) is 8.80 Å². The van der Waals surface area contributed by atoms with Gasteiger partial charge in [-0.25, -0.2) is 0 Å². The zero-order chi connectivity index (χ0) is 6.41. The monoisotopic (exact) mass is 129 g/mol. The largest absolute Gasteiger partial charge is 0.502 e. The van der Waals surface area contributed by atoms with Crippen LogP contribution in [0.3, 0.4) is 0 Å². The molecule has 2 heteroatoms. The molecule has 0 bridgehead atoms. The molecular formula is C6H13OSi. The number of hydrogen-bond acceptors (Lipinski definition) is 1. The van der Waals surface area contributed by atoms with E-state index < -0.39 is 0 Å². The molecule has 47 valence electrons. The van der Waals surface area contributed by atoms with Crippen LogP contribution in [-0.2, 0) is 4.74 Å². The van der Waals surface area contributed by atoms with E-state index in [1.54, 1.807) is 6.26 Å². The van der Waals surface area contributed by atoms with Gasteiger partial charge in [0.25, 0.3) is 0 Å². The van der Waals surface area contributed by atoms with Crippen molar-refractivity contribution in [2.24, 2.45) is 0 Å². The van der Waals surface area contributed by atoms with Gasteiger partial charge in [0.1, 0.15) is 0 Å². The van der Waals surface area contributed by atoms with E-state index in [0.29, 0.717) is 0 Å². The number of rotatable bonds is 3. The molecule has 0 aromatic carbocycles. The van der Waals surface area contributed by atoms with Crippen molar-refractivity contribution in [1.82, 2.24) is 0 Å².